The lowest BCUT2D eigenvalue weighted by Crippen LogP contribution is -2.20. The van der Waals surface area contributed by atoms with Crippen LogP contribution >= 0.6 is 11.6 Å². The van der Waals surface area contributed by atoms with Crippen molar-refractivity contribution in [2.45, 2.75) is 26.4 Å². The number of carbonyl (C=O) groups is 1. The molecule has 0 radical (unpaired) electrons. The lowest BCUT2D eigenvalue weighted by Gasteiger charge is -2.19. The number of nitrogens with zero attached hydrogens (tertiary/aromatic N) is 2. The minimum atomic E-state index is -0.385. The summed E-state index contributed by atoms with van der Waals surface area (Å²) in [5.74, 6) is 0.0855. The van der Waals surface area contributed by atoms with Crippen LogP contribution in [-0.2, 0) is 16.1 Å². The average Bonchev–Trinajstić information content (AvgIpc) is 3.11. The molecule has 0 saturated heterocycles. The second-order valence-electron chi connectivity index (χ2n) is 6.26. The van der Waals surface area contributed by atoms with Gasteiger partial charge in [0.1, 0.15) is 0 Å². The summed E-state index contributed by atoms with van der Waals surface area (Å²) in [6, 6.07) is 16.7. The monoisotopic (exact) mass is 370 g/mol. The fraction of sp³-hybridized carbons (Fsp3) is 0.250. The van der Waals surface area contributed by atoms with Crippen molar-refractivity contribution in [2.75, 3.05) is 0 Å². The Labute approximate surface area is 156 Å². The van der Waals surface area contributed by atoms with Crippen molar-refractivity contribution in [2.24, 2.45) is 5.92 Å². The first-order valence-electron chi connectivity index (χ1n) is 8.34. The van der Waals surface area contributed by atoms with E-state index in [0.717, 1.165) is 11.1 Å². The van der Waals surface area contributed by atoms with E-state index in [1.165, 1.54) is 0 Å². The van der Waals surface area contributed by atoms with E-state index in [2.05, 4.69) is 10.1 Å². The van der Waals surface area contributed by atoms with Crippen LogP contribution in [0.2, 0.25) is 5.02 Å². The maximum atomic E-state index is 12.6. The SMILES string of the molecule is CC(C)[C@H](C(=O)OCc1nc(-c2ccccc2)no1)c1ccc(Cl)cc1. The highest BCUT2D eigenvalue weighted by atomic mass is 35.5. The largest absolute Gasteiger partial charge is 0.455 e. The lowest BCUT2D eigenvalue weighted by molar-refractivity contribution is -0.148. The summed E-state index contributed by atoms with van der Waals surface area (Å²) >= 11 is 5.93. The van der Waals surface area contributed by atoms with Crippen molar-refractivity contribution in [1.82, 2.24) is 10.1 Å². The second-order valence-corrected chi connectivity index (χ2v) is 6.70. The van der Waals surface area contributed by atoms with Gasteiger partial charge in [-0.15, -0.1) is 0 Å². The van der Waals surface area contributed by atoms with Crippen molar-refractivity contribution in [3.8, 4) is 11.4 Å². The maximum absolute atomic E-state index is 12.6. The summed E-state index contributed by atoms with van der Waals surface area (Å²) < 4.78 is 10.6. The van der Waals surface area contributed by atoms with Gasteiger partial charge in [0.15, 0.2) is 6.61 Å². The van der Waals surface area contributed by atoms with Gasteiger partial charge in [-0.2, -0.15) is 4.98 Å². The van der Waals surface area contributed by atoms with Crippen LogP contribution in [0.15, 0.2) is 59.1 Å². The van der Waals surface area contributed by atoms with Crippen molar-refractivity contribution >= 4 is 17.6 Å². The van der Waals surface area contributed by atoms with Gasteiger partial charge in [-0.3, -0.25) is 4.79 Å². The molecule has 0 saturated carbocycles. The Morgan fingerprint density at radius 3 is 2.46 bits per heavy atom. The molecule has 1 aromatic heterocycles. The van der Waals surface area contributed by atoms with Crippen LogP contribution in [0.5, 0.6) is 0 Å². The van der Waals surface area contributed by atoms with Crippen LogP contribution in [0.3, 0.4) is 0 Å². The molecule has 0 aliphatic carbocycles. The Morgan fingerprint density at radius 1 is 1.12 bits per heavy atom. The minimum absolute atomic E-state index is 0.0600. The van der Waals surface area contributed by atoms with Gasteiger partial charge in [0.2, 0.25) is 5.82 Å². The fourth-order valence-corrected chi connectivity index (χ4v) is 2.83. The Bertz CT molecular complexity index is 860. The van der Waals surface area contributed by atoms with Crippen molar-refractivity contribution < 1.29 is 14.1 Å². The first-order valence-corrected chi connectivity index (χ1v) is 8.72. The molecule has 26 heavy (non-hydrogen) atoms. The van der Waals surface area contributed by atoms with Gasteiger partial charge in [-0.05, 0) is 23.6 Å². The van der Waals surface area contributed by atoms with E-state index < -0.39 is 0 Å². The average molecular weight is 371 g/mol. The first-order chi connectivity index (χ1) is 12.5. The van der Waals surface area contributed by atoms with E-state index >= 15 is 0 Å². The summed E-state index contributed by atoms with van der Waals surface area (Å²) in [4.78, 5) is 16.8. The molecule has 2 aromatic carbocycles. The molecular formula is C20H19ClN2O3. The van der Waals surface area contributed by atoms with Gasteiger partial charge in [-0.1, -0.05) is 73.1 Å². The standard InChI is InChI=1S/C20H19ClN2O3/c1-13(2)18(14-8-10-16(21)11-9-14)20(24)25-12-17-22-19(23-26-17)15-6-4-3-5-7-15/h3-11,13,18H,12H2,1-2H3/t18-/m0/s1. The van der Waals surface area contributed by atoms with Crippen LogP contribution in [-0.4, -0.2) is 16.1 Å². The number of aromatic nitrogens is 2. The van der Waals surface area contributed by atoms with E-state index in [0.29, 0.717) is 10.8 Å². The molecule has 6 heteroatoms. The molecule has 3 aromatic rings. The summed E-state index contributed by atoms with van der Waals surface area (Å²) in [7, 11) is 0. The highest BCUT2D eigenvalue weighted by Gasteiger charge is 2.26. The second kappa shape index (κ2) is 8.15. The molecule has 0 aliphatic heterocycles. The number of carbonyl (C=O) groups excluding carboxylic acids is 1. The first kappa shape index (κ1) is 18.1. The number of ether oxygens (including phenoxy) is 1. The number of halogens is 1. The van der Waals surface area contributed by atoms with Gasteiger partial charge in [0.25, 0.3) is 5.89 Å². The third kappa shape index (κ3) is 4.29. The molecule has 0 N–H and O–H groups in total. The summed E-state index contributed by atoms with van der Waals surface area (Å²) in [5, 5.41) is 4.55. The Hall–Kier alpha value is -2.66. The summed E-state index contributed by atoms with van der Waals surface area (Å²) in [6.07, 6.45) is 0. The molecule has 0 bridgehead atoms. The molecule has 5 nitrogen and oxygen atoms in total. The molecule has 0 aliphatic rings. The lowest BCUT2D eigenvalue weighted by atomic mass is 9.88. The van der Waals surface area contributed by atoms with Crippen LogP contribution in [0.1, 0.15) is 31.2 Å². The van der Waals surface area contributed by atoms with E-state index in [9.17, 15) is 4.79 Å². The van der Waals surface area contributed by atoms with Gasteiger partial charge >= 0.3 is 5.97 Å². The molecule has 0 amide bonds. The predicted octanol–water partition coefficient (Wildman–Crippen LogP) is 4.87. The topological polar surface area (TPSA) is 65.2 Å². The normalized spacial score (nSPS) is 12.2. The zero-order valence-corrected chi connectivity index (χ0v) is 15.3. The number of benzene rings is 2. The van der Waals surface area contributed by atoms with Crippen LogP contribution in [0, 0.1) is 5.92 Å². The quantitative estimate of drug-likeness (QED) is 0.579. The fourth-order valence-electron chi connectivity index (χ4n) is 2.70. The Kier molecular flexibility index (Phi) is 5.68. The molecule has 3 rings (SSSR count). The molecule has 0 unspecified atom stereocenters. The number of rotatable bonds is 6. The number of esters is 1. The van der Waals surface area contributed by atoms with Crippen molar-refractivity contribution in [3.05, 3.63) is 71.1 Å². The smallest absolute Gasteiger partial charge is 0.314 e. The Balaban J connectivity index is 1.67. The van der Waals surface area contributed by atoms with E-state index in [-0.39, 0.29) is 30.3 Å². The number of hydrogen-bond donors (Lipinski definition) is 0. The third-order valence-corrected chi connectivity index (χ3v) is 4.24. The minimum Gasteiger partial charge on any atom is -0.455 e. The van der Waals surface area contributed by atoms with Gasteiger partial charge < -0.3 is 9.26 Å². The van der Waals surface area contributed by atoms with E-state index in [4.69, 9.17) is 20.9 Å². The Morgan fingerprint density at radius 2 is 1.81 bits per heavy atom. The highest BCUT2D eigenvalue weighted by molar-refractivity contribution is 6.30. The highest BCUT2D eigenvalue weighted by Crippen LogP contribution is 2.27. The summed E-state index contributed by atoms with van der Waals surface area (Å²) in [5.41, 5.74) is 1.71. The zero-order chi connectivity index (χ0) is 18.5. The van der Waals surface area contributed by atoms with Gasteiger partial charge in [0.05, 0.1) is 5.92 Å². The van der Waals surface area contributed by atoms with Gasteiger partial charge in [0, 0.05) is 10.6 Å². The van der Waals surface area contributed by atoms with Crippen LogP contribution in [0.25, 0.3) is 11.4 Å². The van der Waals surface area contributed by atoms with Crippen LogP contribution in [0.4, 0.5) is 0 Å². The molecule has 1 atom stereocenters. The molecule has 1 heterocycles. The van der Waals surface area contributed by atoms with E-state index in [1.54, 1.807) is 12.1 Å². The number of hydrogen-bond acceptors (Lipinski definition) is 5. The van der Waals surface area contributed by atoms with Crippen molar-refractivity contribution in [1.29, 1.82) is 0 Å². The van der Waals surface area contributed by atoms with Gasteiger partial charge in [-0.25, -0.2) is 0 Å². The van der Waals surface area contributed by atoms with Crippen LogP contribution < -0.4 is 0 Å². The molecule has 0 spiro atoms. The zero-order valence-electron chi connectivity index (χ0n) is 14.6. The predicted molar refractivity (Wildman–Crippen MR) is 98.6 cm³/mol. The molecule has 0 fully saturated rings. The molecular weight excluding hydrogens is 352 g/mol. The van der Waals surface area contributed by atoms with Crippen molar-refractivity contribution in [3.63, 3.8) is 0 Å². The summed E-state index contributed by atoms with van der Waals surface area (Å²) in [6.45, 7) is 3.89. The molecule has 134 valence electrons. The van der Waals surface area contributed by atoms with E-state index in [1.807, 2.05) is 56.3 Å². The maximum Gasteiger partial charge on any atom is 0.314 e. The third-order valence-electron chi connectivity index (χ3n) is 3.99.